The van der Waals surface area contributed by atoms with Crippen LogP contribution >= 0.6 is 11.6 Å². The van der Waals surface area contributed by atoms with Crippen LogP contribution < -0.4 is 0 Å². The van der Waals surface area contributed by atoms with Crippen LogP contribution in [0.15, 0.2) is 97.1 Å². The van der Waals surface area contributed by atoms with Crippen molar-refractivity contribution in [2.45, 2.75) is 31.1 Å². The molecule has 6 heteroatoms. The number of hydrogen-bond donors (Lipinski definition) is 0. The van der Waals surface area contributed by atoms with Gasteiger partial charge in [-0.1, -0.05) is 84.4 Å². The number of carbonyl (C=O) groups is 3. The third kappa shape index (κ3) is 6.15. The van der Waals surface area contributed by atoms with Gasteiger partial charge in [-0.2, -0.15) is 0 Å². The maximum Gasteiger partial charge on any atom is 0.311 e. The molecule has 0 aromatic heterocycles. The molecule has 0 N–H and O–H groups in total. The number of ketones is 1. The van der Waals surface area contributed by atoms with E-state index in [0.717, 1.165) is 30.4 Å². The second kappa shape index (κ2) is 12.4. The summed E-state index contributed by atoms with van der Waals surface area (Å²) in [7, 11) is 0. The van der Waals surface area contributed by atoms with E-state index < -0.39 is 24.4 Å². The molecule has 5 rings (SSSR count). The molecule has 0 saturated carbocycles. The zero-order chi connectivity index (χ0) is 27.2. The molecular weight excluding hydrogens is 510 g/mol. The Morgan fingerprint density at radius 1 is 0.718 bits per heavy atom. The maximum absolute atomic E-state index is 14.2. The third-order valence-electron chi connectivity index (χ3n) is 7.79. The maximum atomic E-state index is 14.2. The Morgan fingerprint density at radius 3 is 1.82 bits per heavy atom. The van der Waals surface area contributed by atoms with Gasteiger partial charge in [-0.25, -0.2) is 0 Å². The smallest absolute Gasteiger partial charge is 0.311 e. The van der Waals surface area contributed by atoms with E-state index in [4.69, 9.17) is 16.3 Å². The second-order valence-corrected chi connectivity index (χ2v) is 10.7. The molecule has 0 spiro atoms. The number of Topliss-reactive ketones (excluding diaryl/α,β-unsaturated/α-hetero) is 1. The van der Waals surface area contributed by atoms with Gasteiger partial charge in [0.25, 0.3) is 0 Å². The number of piperidine rings is 1. The van der Waals surface area contributed by atoms with Crippen molar-refractivity contribution in [1.29, 1.82) is 0 Å². The topological polar surface area (TPSA) is 63.7 Å². The summed E-state index contributed by atoms with van der Waals surface area (Å²) in [6.45, 7) is 0.976. The molecule has 0 radical (unpaired) electrons. The number of nitrogens with zero attached hydrogens (tertiary/aromatic N) is 1. The molecule has 1 saturated heterocycles. The predicted molar refractivity (Wildman–Crippen MR) is 152 cm³/mol. The molecule has 1 heterocycles. The number of carbonyl (C=O) groups excluding carboxylic acids is 3. The summed E-state index contributed by atoms with van der Waals surface area (Å²) in [5.41, 5.74) is 2.33. The van der Waals surface area contributed by atoms with Gasteiger partial charge in [0.2, 0.25) is 5.91 Å². The number of allylic oxidation sites excluding steroid dienone is 2. The standard InChI is InChI=1S/C33H32ClNO4/c34-26-16-14-25(15-17-26)29(36)22-39-33(38)31-28(24-12-6-2-7-13-24)19-18-27(23-10-4-1-5-11-23)30(31)32(37)35-20-8-3-9-21-35/h1-2,4-7,10-19,27-28,30-31H,3,8-9,20-22H2. The van der Waals surface area contributed by atoms with Crippen LogP contribution in [0.2, 0.25) is 5.02 Å². The van der Waals surface area contributed by atoms with Crippen molar-refractivity contribution in [2.75, 3.05) is 19.7 Å². The third-order valence-corrected chi connectivity index (χ3v) is 8.04. The normalized spacial score (nSPS) is 22.7. The lowest BCUT2D eigenvalue weighted by Gasteiger charge is -2.41. The first-order valence-electron chi connectivity index (χ1n) is 13.6. The van der Waals surface area contributed by atoms with Crippen molar-refractivity contribution in [3.63, 3.8) is 0 Å². The van der Waals surface area contributed by atoms with E-state index in [9.17, 15) is 14.4 Å². The zero-order valence-electron chi connectivity index (χ0n) is 21.7. The lowest BCUT2D eigenvalue weighted by atomic mass is 9.66. The van der Waals surface area contributed by atoms with E-state index in [1.807, 2.05) is 71.6 Å². The monoisotopic (exact) mass is 541 g/mol. The van der Waals surface area contributed by atoms with Crippen molar-refractivity contribution >= 4 is 29.3 Å². The number of ether oxygens (including phenoxy) is 1. The van der Waals surface area contributed by atoms with Crippen molar-refractivity contribution in [3.05, 3.63) is 119 Å². The molecule has 1 aliphatic heterocycles. The van der Waals surface area contributed by atoms with Gasteiger partial charge in [-0.3, -0.25) is 14.4 Å². The molecule has 4 atom stereocenters. The number of likely N-dealkylation sites (tertiary alicyclic amines) is 1. The van der Waals surface area contributed by atoms with Crippen LogP contribution in [0.5, 0.6) is 0 Å². The Kier molecular flexibility index (Phi) is 8.58. The Hall–Kier alpha value is -3.70. The van der Waals surface area contributed by atoms with Crippen molar-refractivity contribution < 1.29 is 19.1 Å². The number of halogens is 1. The molecule has 1 amide bonds. The predicted octanol–water partition coefficient (Wildman–Crippen LogP) is 6.45. The highest BCUT2D eigenvalue weighted by molar-refractivity contribution is 6.30. The van der Waals surface area contributed by atoms with Gasteiger partial charge in [0.1, 0.15) is 0 Å². The highest BCUT2D eigenvalue weighted by Gasteiger charge is 2.48. The van der Waals surface area contributed by atoms with Gasteiger partial charge in [0, 0.05) is 35.5 Å². The number of esters is 1. The van der Waals surface area contributed by atoms with Crippen LogP contribution in [0.1, 0.15) is 52.6 Å². The summed E-state index contributed by atoms with van der Waals surface area (Å²) in [6.07, 6.45) is 7.11. The van der Waals surface area contributed by atoms with E-state index in [1.165, 1.54) is 0 Å². The molecule has 0 bridgehead atoms. The lowest BCUT2D eigenvalue weighted by molar-refractivity contribution is -0.156. The largest absolute Gasteiger partial charge is 0.457 e. The number of benzene rings is 3. The second-order valence-electron chi connectivity index (χ2n) is 10.2. The van der Waals surface area contributed by atoms with Crippen LogP contribution in [-0.2, 0) is 14.3 Å². The lowest BCUT2D eigenvalue weighted by Crippen LogP contribution is -2.48. The fourth-order valence-electron chi connectivity index (χ4n) is 5.79. The molecule has 1 fully saturated rings. The van der Waals surface area contributed by atoms with Crippen LogP contribution in [0.25, 0.3) is 0 Å². The first-order valence-corrected chi connectivity index (χ1v) is 13.9. The average molecular weight is 542 g/mol. The molecular formula is C33H32ClNO4. The van der Waals surface area contributed by atoms with E-state index >= 15 is 0 Å². The summed E-state index contributed by atoms with van der Waals surface area (Å²) in [4.78, 5) is 42.9. The minimum atomic E-state index is -0.782. The number of amides is 1. The Balaban J connectivity index is 1.50. The molecule has 2 aliphatic rings. The summed E-state index contributed by atoms with van der Waals surface area (Å²) >= 11 is 5.95. The molecule has 39 heavy (non-hydrogen) atoms. The molecule has 3 aromatic carbocycles. The molecule has 1 aliphatic carbocycles. The van der Waals surface area contributed by atoms with Gasteiger partial charge in [0.05, 0.1) is 11.8 Å². The number of rotatable bonds is 7. The average Bonchev–Trinajstić information content (AvgIpc) is 3.00. The van der Waals surface area contributed by atoms with E-state index in [-0.39, 0.29) is 23.5 Å². The Labute approximate surface area is 234 Å². The van der Waals surface area contributed by atoms with Crippen LogP contribution in [0.4, 0.5) is 0 Å². The SMILES string of the molecule is O=C(COC(=O)C1C(c2ccccc2)C=CC(c2ccccc2)C1C(=O)N1CCCCC1)c1ccc(Cl)cc1. The highest BCUT2D eigenvalue weighted by Crippen LogP contribution is 2.46. The molecule has 4 unspecified atom stereocenters. The Morgan fingerprint density at radius 2 is 1.26 bits per heavy atom. The van der Waals surface area contributed by atoms with E-state index in [2.05, 4.69) is 6.08 Å². The van der Waals surface area contributed by atoms with E-state index in [0.29, 0.717) is 23.7 Å². The fraction of sp³-hybridized carbons (Fsp3) is 0.303. The number of hydrogen-bond acceptors (Lipinski definition) is 4. The molecule has 200 valence electrons. The van der Waals surface area contributed by atoms with Crippen molar-refractivity contribution in [2.24, 2.45) is 11.8 Å². The molecule has 5 nitrogen and oxygen atoms in total. The minimum Gasteiger partial charge on any atom is -0.457 e. The van der Waals surface area contributed by atoms with Crippen molar-refractivity contribution in [1.82, 2.24) is 4.90 Å². The summed E-state index contributed by atoms with van der Waals surface area (Å²) in [5.74, 6) is -2.96. The highest BCUT2D eigenvalue weighted by atomic mass is 35.5. The minimum absolute atomic E-state index is 0.0280. The van der Waals surface area contributed by atoms with Gasteiger partial charge >= 0.3 is 5.97 Å². The first-order chi connectivity index (χ1) is 19.0. The van der Waals surface area contributed by atoms with Gasteiger partial charge in [-0.15, -0.1) is 0 Å². The van der Waals surface area contributed by atoms with Gasteiger partial charge in [0.15, 0.2) is 12.4 Å². The first kappa shape index (κ1) is 26.9. The van der Waals surface area contributed by atoms with E-state index in [1.54, 1.807) is 24.3 Å². The van der Waals surface area contributed by atoms with Gasteiger partial charge < -0.3 is 9.64 Å². The van der Waals surface area contributed by atoms with Crippen LogP contribution in [0, 0.1) is 11.8 Å². The van der Waals surface area contributed by atoms with Crippen LogP contribution in [-0.4, -0.2) is 42.3 Å². The van der Waals surface area contributed by atoms with Crippen molar-refractivity contribution in [3.8, 4) is 0 Å². The summed E-state index contributed by atoms with van der Waals surface area (Å²) in [6, 6.07) is 26.1. The zero-order valence-corrected chi connectivity index (χ0v) is 22.5. The summed E-state index contributed by atoms with van der Waals surface area (Å²) < 4.78 is 5.71. The van der Waals surface area contributed by atoms with Crippen LogP contribution in [0.3, 0.4) is 0 Å². The Bertz CT molecular complexity index is 1320. The fourth-order valence-corrected chi connectivity index (χ4v) is 5.92. The molecule has 3 aromatic rings. The quantitative estimate of drug-likeness (QED) is 0.196. The summed E-state index contributed by atoms with van der Waals surface area (Å²) in [5, 5.41) is 0.522. The van der Waals surface area contributed by atoms with Gasteiger partial charge in [-0.05, 0) is 54.7 Å².